The average molecular weight is 271 g/mol. The number of aliphatic carboxylic acids is 1. The molecule has 0 saturated carbocycles. The first kappa shape index (κ1) is 14.4. The minimum Gasteiger partial charge on any atom is -0.479 e. The first-order valence-electron chi connectivity index (χ1n) is 5.04. The van der Waals surface area contributed by atoms with Crippen LogP contribution >= 0.6 is 0 Å². The topological polar surface area (TPSA) is 104 Å². The van der Waals surface area contributed by atoms with Crippen LogP contribution in [0.3, 0.4) is 0 Å². The molecular formula is C11H13NO5S. The molecule has 0 unspecified atom stereocenters. The molecule has 1 aromatic carbocycles. The van der Waals surface area contributed by atoms with E-state index in [0.29, 0.717) is 5.56 Å². The molecule has 0 aliphatic heterocycles. The van der Waals surface area contributed by atoms with Gasteiger partial charge < -0.3 is 10.2 Å². The van der Waals surface area contributed by atoms with E-state index < -0.39 is 28.6 Å². The highest BCUT2D eigenvalue weighted by Gasteiger charge is 2.15. The van der Waals surface area contributed by atoms with E-state index in [-0.39, 0.29) is 0 Å². The van der Waals surface area contributed by atoms with Crippen LogP contribution in [-0.4, -0.2) is 37.2 Å². The van der Waals surface area contributed by atoms with Crippen molar-refractivity contribution >= 4 is 22.1 Å². The van der Waals surface area contributed by atoms with Gasteiger partial charge in [0.25, 0.3) is 0 Å². The number of hydrogen-bond acceptors (Lipinski definition) is 4. The minimum atomic E-state index is -3.76. The summed E-state index contributed by atoms with van der Waals surface area (Å²) >= 11 is 0. The molecule has 1 rings (SSSR count). The summed E-state index contributed by atoms with van der Waals surface area (Å²) < 4.78 is 24.8. The molecule has 7 heteroatoms. The number of sulfonamides is 1. The van der Waals surface area contributed by atoms with Crippen LogP contribution in [0.4, 0.5) is 0 Å². The molecule has 1 aromatic rings. The zero-order chi connectivity index (χ0) is 13.6. The number of aliphatic hydroxyl groups excluding tert-OH is 1. The molecular weight excluding hydrogens is 258 g/mol. The van der Waals surface area contributed by atoms with Gasteiger partial charge in [0, 0.05) is 12.0 Å². The van der Waals surface area contributed by atoms with Crippen molar-refractivity contribution in [3.8, 4) is 0 Å². The molecule has 3 N–H and O–H groups in total. The van der Waals surface area contributed by atoms with Crippen LogP contribution < -0.4 is 4.72 Å². The second-order valence-corrected chi connectivity index (χ2v) is 5.11. The van der Waals surface area contributed by atoms with Crippen LogP contribution in [0.1, 0.15) is 5.56 Å². The summed E-state index contributed by atoms with van der Waals surface area (Å²) in [5, 5.41) is 18.2. The Hall–Kier alpha value is -1.70. The van der Waals surface area contributed by atoms with Crippen molar-refractivity contribution in [2.75, 3.05) is 6.54 Å². The second kappa shape index (κ2) is 6.29. The molecule has 0 radical (unpaired) electrons. The van der Waals surface area contributed by atoms with Crippen molar-refractivity contribution in [1.82, 2.24) is 4.72 Å². The van der Waals surface area contributed by atoms with E-state index >= 15 is 0 Å². The van der Waals surface area contributed by atoms with E-state index in [9.17, 15) is 13.2 Å². The van der Waals surface area contributed by atoms with Gasteiger partial charge in [0.05, 0.1) is 0 Å². The van der Waals surface area contributed by atoms with E-state index in [4.69, 9.17) is 10.2 Å². The van der Waals surface area contributed by atoms with Crippen molar-refractivity contribution < 1.29 is 23.4 Å². The Labute approximate surface area is 105 Å². The summed E-state index contributed by atoms with van der Waals surface area (Å²) in [5.41, 5.74) is 0.696. The van der Waals surface area contributed by atoms with E-state index in [1.807, 2.05) is 4.72 Å². The molecule has 0 saturated heterocycles. The van der Waals surface area contributed by atoms with Crippen LogP contribution in [0.5, 0.6) is 0 Å². The van der Waals surface area contributed by atoms with Crippen molar-refractivity contribution in [1.29, 1.82) is 0 Å². The maximum Gasteiger partial charge on any atom is 0.333 e. The highest BCUT2D eigenvalue weighted by Crippen LogP contribution is 2.02. The number of rotatable bonds is 6. The molecule has 6 nitrogen and oxygen atoms in total. The molecule has 0 aliphatic carbocycles. The molecule has 0 bridgehead atoms. The summed E-state index contributed by atoms with van der Waals surface area (Å²) in [7, 11) is -3.76. The van der Waals surface area contributed by atoms with E-state index in [1.165, 1.54) is 6.08 Å². The second-order valence-electron chi connectivity index (χ2n) is 3.46. The fraction of sp³-hybridized carbons (Fsp3) is 0.182. The minimum absolute atomic E-state index is 0.573. The third kappa shape index (κ3) is 5.09. The van der Waals surface area contributed by atoms with Gasteiger partial charge in [0.1, 0.15) is 0 Å². The Bertz CT molecular complexity index is 524. The van der Waals surface area contributed by atoms with E-state index in [2.05, 4.69) is 0 Å². The Morgan fingerprint density at radius 2 is 1.94 bits per heavy atom. The molecule has 1 atom stereocenters. The molecule has 0 heterocycles. The molecule has 0 spiro atoms. The predicted octanol–water partition coefficient (Wildman–Crippen LogP) is 0.0222. The highest BCUT2D eigenvalue weighted by atomic mass is 32.2. The average Bonchev–Trinajstić information content (AvgIpc) is 2.35. The first-order chi connectivity index (χ1) is 8.41. The molecule has 0 aliphatic rings. The van der Waals surface area contributed by atoms with Crippen molar-refractivity contribution in [2.45, 2.75) is 6.10 Å². The monoisotopic (exact) mass is 271 g/mol. The number of carbonyl (C=O) groups is 1. The van der Waals surface area contributed by atoms with Crippen LogP contribution in [0, 0.1) is 0 Å². The zero-order valence-corrected chi connectivity index (χ0v) is 10.2. The number of aliphatic hydroxyl groups is 1. The Morgan fingerprint density at radius 3 is 2.50 bits per heavy atom. The first-order valence-corrected chi connectivity index (χ1v) is 6.59. The van der Waals surface area contributed by atoms with Gasteiger partial charge in [0.2, 0.25) is 10.0 Å². The molecule has 0 aromatic heterocycles. The third-order valence-corrected chi connectivity index (χ3v) is 3.07. The van der Waals surface area contributed by atoms with Gasteiger partial charge in [-0.15, -0.1) is 0 Å². The maximum atomic E-state index is 11.4. The van der Waals surface area contributed by atoms with Gasteiger partial charge in [-0.25, -0.2) is 17.9 Å². The van der Waals surface area contributed by atoms with Gasteiger partial charge >= 0.3 is 5.97 Å². The summed E-state index contributed by atoms with van der Waals surface area (Å²) in [4.78, 5) is 10.3. The number of benzene rings is 1. The lowest BCUT2D eigenvalue weighted by atomic mass is 10.2. The normalized spacial score (nSPS) is 13.6. The highest BCUT2D eigenvalue weighted by molar-refractivity contribution is 7.92. The Balaban J connectivity index is 2.60. The fourth-order valence-electron chi connectivity index (χ4n) is 1.06. The van der Waals surface area contributed by atoms with Crippen molar-refractivity contribution in [2.24, 2.45) is 0 Å². The van der Waals surface area contributed by atoms with Crippen LogP contribution in [0.15, 0.2) is 35.7 Å². The molecule has 18 heavy (non-hydrogen) atoms. The Morgan fingerprint density at radius 1 is 1.33 bits per heavy atom. The van der Waals surface area contributed by atoms with E-state index in [0.717, 1.165) is 5.41 Å². The predicted molar refractivity (Wildman–Crippen MR) is 66.0 cm³/mol. The summed E-state index contributed by atoms with van der Waals surface area (Å²) in [6, 6.07) is 8.76. The molecule has 0 fully saturated rings. The number of nitrogens with one attached hydrogen (secondary N) is 1. The number of carboxylic acids is 1. The molecule has 98 valence electrons. The van der Waals surface area contributed by atoms with Crippen LogP contribution in [0.2, 0.25) is 0 Å². The Kier molecular flexibility index (Phi) is 5.02. The summed E-state index contributed by atoms with van der Waals surface area (Å²) in [6.07, 6.45) is -0.389. The van der Waals surface area contributed by atoms with Crippen molar-refractivity contribution in [3.63, 3.8) is 0 Å². The number of hydrogen-bond donors (Lipinski definition) is 3. The third-order valence-electron chi connectivity index (χ3n) is 2.00. The lowest BCUT2D eigenvalue weighted by Gasteiger charge is -2.05. The zero-order valence-electron chi connectivity index (χ0n) is 9.35. The smallest absolute Gasteiger partial charge is 0.333 e. The lowest BCUT2D eigenvalue weighted by Crippen LogP contribution is -2.35. The van der Waals surface area contributed by atoms with Gasteiger partial charge in [-0.3, -0.25) is 0 Å². The number of carboxylic acid groups (broad SMARTS) is 1. The van der Waals surface area contributed by atoms with Crippen molar-refractivity contribution in [3.05, 3.63) is 41.3 Å². The lowest BCUT2D eigenvalue weighted by molar-refractivity contribution is -0.146. The fourth-order valence-corrected chi connectivity index (χ4v) is 1.89. The SMILES string of the molecule is O=C(O)[C@@H](O)CNS(=O)(=O)/C=C/c1ccccc1. The van der Waals surface area contributed by atoms with Crippen LogP contribution in [0.25, 0.3) is 6.08 Å². The summed E-state index contributed by atoms with van der Waals surface area (Å²) in [5.74, 6) is -1.48. The quantitative estimate of drug-likeness (QED) is 0.677. The van der Waals surface area contributed by atoms with Gasteiger partial charge in [-0.05, 0) is 11.6 Å². The standard InChI is InChI=1S/C11H13NO5S/c13-10(11(14)15)8-12-18(16,17)7-6-9-4-2-1-3-5-9/h1-7,10,12-13H,8H2,(H,14,15)/b7-6+/t10-/m0/s1. The summed E-state index contributed by atoms with van der Waals surface area (Å²) in [6.45, 7) is -0.573. The van der Waals surface area contributed by atoms with Crippen LogP contribution in [-0.2, 0) is 14.8 Å². The maximum absolute atomic E-state index is 11.4. The molecule has 0 amide bonds. The van der Waals surface area contributed by atoms with Gasteiger partial charge in [-0.1, -0.05) is 30.3 Å². The van der Waals surface area contributed by atoms with Gasteiger partial charge in [0.15, 0.2) is 6.10 Å². The van der Waals surface area contributed by atoms with Gasteiger partial charge in [-0.2, -0.15) is 0 Å². The van der Waals surface area contributed by atoms with E-state index in [1.54, 1.807) is 30.3 Å². The largest absolute Gasteiger partial charge is 0.479 e.